The summed E-state index contributed by atoms with van der Waals surface area (Å²) in [7, 11) is 0. The molecule has 0 saturated heterocycles. The third kappa shape index (κ3) is 5.42. The van der Waals surface area contributed by atoms with Crippen LogP contribution in [0.15, 0.2) is 217 Å². The zero-order valence-electron chi connectivity index (χ0n) is 30.6. The fourth-order valence-corrected chi connectivity index (χ4v) is 8.48. The lowest BCUT2D eigenvalue weighted by Gasteiger charge is -2.29. The number of furan rings is 1. The van der Waals surface area contributed by atoms with Crippen molar-refractivity contribution in [3.63, 3.8) is 0 Å². The Bertz CT molecular complexity index is 3260. The van der Waals surface area contributed by atoms with Crippen LogP contribution in [0.25, 0.3) is 87.6 Å². The Morgan fingerprint density at radius 1 is 0.304 bits per heavy atom. The van der Waals surface area contributed by atoms with Crippen molar-refractivity contribution in [3.05, 3.63) is 212 Å². The van der Waals surface area contributed by atoms with Gasteiger partial charge in [0.05, 0.1) is 16.8 Å². The van der Waals surface area contributed by atoms with Crippen molar-refractivity contribution < 1.29 is 4.42 Å². The number of rotatable bonds is 6. The van der Waals surface area contributed by atoms with Gasteiger partial charge in [0.2, 0.25) is 0 Å². The van der Waals surface area contributed by atoms with Gasteiger partial charge in [0.1, 0.15) is 11.2 Å². The van der Waals surface area contributed by atoms with Crippen LogP contribution in [0.3, 0.4) is 0 Å². The fraction of sp³-hybridized carbons (Fsp3) is 0. The summed E-state index contributed by atoms with van der Waals surface area (Å²) in [6.45, 7) is 0. The van der Waals surface area contributed by atoms with Crippen molar-refractivity contribution in [1.29, 1.82) is 0 Å². The van der Waals surface area contributed by atoms with Crippen LogP contribution in [0.4, 0.5) is 17.1 Å². The molecule has 0 spiro atoms. The predicted octanol–water partition coefficient (Wildman–Crippen LogP) is 15.5. The first-order valence-corrected chi connectivity index (χ1v) is 19.2. The summed E-state index contributed by atoms with van der Waals surface area (Å²) in [6, 6.07) is 76.6. The molecule has 10 aromatic carbocycles. The minimum atomic E-state index is 0.865. The number of nitrogens with zero attached hydrogens (tertiary/aromatic N) is 1. The van der Waals surface area contributed by atoms with Crippen molar-refractivity contribution in [2.45, 2.75) is 0 Å². The number of hydrogen-bond acceptors (Lipinski definition) is 2. The Labute approximate surface area is 325 Å². The molecule has 0 atom stereocenters. The molecule has 0 amide bonds. The average molecular weight is 714 g/mol. The van der Waals surface area contributed by atoms with E-state index < -0.39 is 0 Å². The van der Waals surface area contributed by atoms with E-state index in [0.29, 0.717) is 0 Å². The van der Waals surface area contributed by atoms with E-state index in [1.807, 2.05) is 6.07 Å². The Morgan fingerprint density at radius 2 is 0.875 bits per heavy atom. The second-order valence-corrected chi connectivity index (χ2v) is 14.5. The molecule has 2 nitrogen and oxygen atoms in total. The molecule has 0 unspecified atom stereocenters. The van der Waals surface area contributed by atoms with Crippen LogP contribution in [0.5, 0.6) is 0 Å². The molecule has 2 heteroatoms. The second-order valence-electron chi connectivity index (χ2n) is 14.5. The second kappa shape index (κ2) is 13.2. The van der Waals surface area contributed by atoms with Gasteiger partial charge in [0.15, 0.2) is 0 Å². The molecule has 0 saturated carbocycles. The highest BCUT2D eigenvalue weighted by molar-refractivity contribution is 6.14. The Morgan fingerprint density at radius 3 is 1.73 bits per heavy atom. The number of para-hydroxylation sites is 2. The van der Waals surface area contributed by atoms with Gasteiger partial charge in [-0.15, -0.1) is 0 Å². The molecule has 0 bridgehead atoms. The van der Waals surface area contributed by atoms with E-state index in [0.717, 1.165) is 55.7 Å². The zero-order valence-corrected chi connectivity index (χ0v) is 30.6. The topological polar surface area (TPSA) is 16.4 Å². The summed E-state index contributed by atoms with van der Waals surface area (Å²) in [5, 5.41) is 9.67. The highest BCUT2D eigenvalue weighted by atomic mass is 16.3. The first-order chi connectivity index (χ1) is 27.7. The maximum absolute atomic E-state index is 6.46. The van der Waals surface area contributed by atoms with Crippen molar-refractivity contribution in [1.82, 2.24) is 0 Å². The maximum atomic E-state index is 6.46. The van der Waals surface area contributed by atoms with Gasteiger partial charge in [-0.25, -0.2) is 0 Å². The Kier molecular flexibility index (Phi) is 7.53. The smallest absolute Gasteiger partial charge is 0.137 e. The lowest BCUT2D eigenvalue weighted by Crippen LogP contribution is -2.11. The van der Waals surface area contributed by atoms with Crippen LogP contribution in [-0.4, -0.2) is 0 Å². The monoisotopic (exact) mass is 713 g/mol. The average Bonchev–Trinajstić information content (AvgIpc) is 3.66. The highest BCUT2D eigenvalue weighted by Crippen LogP contribution is 2.47. The van der Waals surface area contributed by atoms with Gasteiger partial charge in [0, 0.05) is 16.6 Å². The van der Waals surface area contributed by atoms with E-state index in [1.54, 1.807) is 0 Å². The summed E-state index contributed by atoms with van der Waals surface area (Å²) < 4.78 is 6.46. The molecule has 11 aromatic rings. The van der Waals surface area contributed by atoms with Crippen molar-refractivity contribution in [3.8, 4) is 33.4 Å². The van der Waals surface area contributed by atoms with E-state index in [-0.39, 0.29) is 0 Å². The molecule has 11 rings (SSSR count). The van der Waals surface area contributed by atoms with Crippen LogP contribution in [0.1, 0.15) is 0 Å². The molecule has 0 aliphatic heterocycles. The van der Waals surface area contributed by atoms with Gasteiger partial charge in [-0.2, -0.15) is 0 Å². The molecule has 56 heavy (non-hydrogen) atoms. The van der Waals surface area contributed by atoms with E-state index in [2.05, 4.69) is 211 Å². The summed E-state index contributed by atoms with van der Waals surface area (Å²) in [6.07, 6.45) is 0. The van der Waals surface area contributed by atoms with Gasteiger partial charge in [0.25, 0.3) is 0 Å². The number of benzene rings is 10. The van der Waals surface area contributed by atoms with E-state index in [1.165, 1.54) is 49.0 Å². The fourth-order valence-electron chi connectivity index (χ4n) is 8.48. The molecule has 0 N–H and O–H groups in total. The Hall–Kier alpha value is -7.42. The third-order valence-corrected chi connectivity index (χ3v) is 11.2. The summed E-state index contributed by atoms with van der Waals surface area (Å²) >= 11 is 0. The summed E-state index contributed by atoms with van der Waals surface area (Å²) in [5.41, 5.74) is 12.0. The van der Waals surface area contributed by atoms with Crippen LogP contribution >= 0.6 is 0 Å². The molecule has 1 heterocycles. The minimum absolute atomic E-state index is 0.865. The van der Waals surface area contributed by atoms with Gasteiger partial charge in [-0.05, 0) is 109 Å². The van der Waals surface area contributed by atoms with Crippen molar-refractivity contribution >= 4 is 71.3 Å². The highest BCUT2D eigenvalue weighted by Gasteiger charge is 2.22. The molecule has 0 aliphatic carbocycles. The maximum Gasteiger partial charge on any atom is 0.137 e. The Balaban J connectivity index is 1.08. The molecule has 0 radical (unpaired) electrons. The lowest BCUT2D eigenvalue weighted by atomic mass is 9.95. The third-order valence-electron chi connectivity index (χ3n) is 11.2. The van der Waals surface area contributed by atoms with Crippen LogP contribution in [-0.2, 0) is 0 Å². The molecule has 262 valence electrons. The number of hydrogen-bond donors (Lipinski definition) is 0. The first kappa shape index (κ1) is 32.0. The molecular formula is C54H35NO. The molecule has 1 aromatic heterocycles. The van der Waals surface area contributed by atoms with Crippen LogP contribution in [0.2, 0.25) is 0 Å². The quantitative estimate of drug-likeness (QED) is 0.160. The van der Waals surface area contributed by atoms with E-state index in [4.69, 9.17) is 4.42 Å². The van der Waals surface area contributed by atoms with E-state index in [9.17, 15) is 0 Å². The van der Waals surface area contributed by atoms with Gasteiger partial charge < -0.3 is 9.32 Å². The molecule has 0 aliphatic rings. The number of fused-ring (bicyclic) bond motifs is 7. The first-order valence-electron chi connectivity index (χ1n) is 19.2. The van der Waals surface area contributed by atoms with Crippen molar-refractivity contribution in [2.75, 3.05) is 4.90 Å². The van der Waals surface area contributed by atoms with Gasteiger partial charge >= 0.3 is 0 Å². The number of anilines is 3. The van der Waals surface area contributed by atoms with Crippen molar-refractivity contribution in [2.24, 2.45) is 0 Å². The molecule has 0 fully saturated rings. The SMILES string of the molecule is c1cc(-c2ccc(-c3ccc4ccccc4c3)cc2)cc(N(c2ccccc2-c2ccc3ccc4ccccc4c3c2)c2cccc3oc4ccccc4c23)c1. The normalized spacial score (nSPS) is 11.6. The predicted molar refractivity (Wildman–Crippen MR) is 237 cm³/mol. The van der Waals surface area contributed by atoms with E-state index >= 15 is 0 Å². The van der Waals surface area contributed by atoms with Gasteiger partial charge in [-0.3, -0.25) is 0 Å². The summed E-state index contributed by atoms with van der Waals surface area (Å²) in [4.78, 5) is 2.42. The standard InChI is InChI=1S/C54H35NO/c1-2-13-41-33-43(31-27-36(41)11-1)38-25-23-37(24-26-38)42-14-9-15-45(34-42)55(51-20-10-22-53-54(51)48-18-6-8-21-52(48)56-53)50-19-7-5-17-47(50)44-32-30-40-29-28-39-12-3-4-16-46(39)49(40)35-44/h1-35H. The lowest BCUT2D eigenvalue weighted by molar-refractivity contribution is 0.669. The van der Waals surface area contributed by atoms with Gasteiger partial charge in [-0.1, -0.05) is 164 Å². The van der Waals surface area contributed by atoms with Crippen LogP contribution in [0, 0.1) is 0 Å². The summed E-state index contributed by atoms with van der Waals surface area (Å²) in [5.74, 6) is 0. The zero-order chi connectivity index (χ0) is 37.0. The van der Waals surface area contributed by atoms with Crippen LogP contribution < -0.4 is 4.90 Å². The largest absolute Gasteiger partial charge is 0.456 e. The minimum Gasteiger partial charge on any atom is -0.456 e. The molecular weight excluding hydrogens is 679 g/mol.